The van der Waals surface area contributed by atoms with Crippen LogP contribution in [-0.4, -0.2) is 39.5 Å². The van der Waals surface area contributed by atoms with E-state index in [0.717, 1.165) is 15.8 Å². The van der Waals surface area contributed by atoms with Crippen LogP contribution in [0.1, 0.15) is 20.8 Å². The Balaban J connectivity index is 2.34. The van der Waals surface area contributed by atoms with Crippen molar-refractivity contribution in [2.45, 2.75) is 26.4 Å². The average Bonchev–Trinajstić information content (AvgIpc) is 2.80. The molecule has 1 aromatic carbocycles. The SMILES string of the molecule is CC(C)(C)OC(=O)N(CC(=O)O)c1ccc2[nH]ncc2c1. The molecular formula is C14H17N3O4. The van der Waals surface area contributed by atoms with Crippen LogP contribution in [0.2, 0.25) is 0 Å². The Morgan fingerprint density at radius 1 is 1.38 bits per heavy atom. The lowest BCUT2D eigenvalue weighted by Gasteiger charge is -2.26. The van der Waals surface area contributed by atoms with Crippen LogP contribution in [0.25, 0.3) is 10.9 Å². The number of aliphatic carboxylic acids is 1. The second kappa shape index (κ2) is 5.43. The molecule has 2 rings (SSSR count). The number of anilines is 1. The fourth-order valence-electron chi connectivity index (χ4n) is 1.81. The summed E-state index contributed by atoms with van der Waals surface area (Å²) in [6, 6.07) is 5.07. The zero-order valence-corrected chi connectivity index (χ0v) is 12.1. The summed E-state index contributed by atoms with van der Waals surface area (Å²) in [6.45, 7) is 4.70. The van der Waals surface area contributed by atoms with Crippen molar-refractivity contribution in [1.82, 2.24) is 10.2 Å². The summed E-state index contributed by atoms with van der Waals surface area (Å²) in [4.78, 5) is 24.3. The van der Waals surface area contributed by atoms with Crippen LogP contribution in [0.3, 0.4) is 0 Å². The molecule has 0 bridgehead atoms. The number of benzene rings is 1. The van der Waals surface area contributed by atoms with E-state index >= 15 is 0 Å². The molecule has 0 aliphatic heterocycles. The summed E-state index contributed by atoms with van der Waals surface area (Å²) >= 11 is 0. The summed E-state index contributed by atoms with van der Waals surface area (Å²) in [6.07, 6.45) is 0.903. The maximum Gasteiger partial charge on any atom is 0.415 e. The molecule has 0 aliphatic carbocycles. The summed E-state index contributed by atoms with van der Waals surface area (Å²) < 4.78 is 5.25. The summed E-state index contributed by atoms with van der Waals surface area (Å²) in [5.41, 5.74) is 0.548. The first-order valence-corrected chi connectivity index (χ1v) is 6.42. The highest BCUT2D eigenvalue weighted by Crippen LogP contribution is 2.22. The Bertz CT molecular complexity index is 672. The minimum absolute atomic E-state index is 0.445. The average molecular weight is 291 g/mol. The molecule has 0 spiro atoms. The number of H-pyrrole nitrogens is 1. The fraction of sp³-hybridized carbons (Fsp3) is 0.357. The monoisotopic (exact) mass is 291 g/mol. The van der Waals surface area contributed by atoms with Crippen molar-refractivity contribution < 1.29 is 19.4 Å². The highest BCUT2D eigenvalue weighted by atomic mass is 16.6. The molecular weight excluding hydrogens is 274 g/mol. The molecule has 21 heavy (non-hydrogen) atoms. The van der Waals surface area contributed by atoms with Gasteiger partial charge in [-0.3, -0.25) is 14.8 Å². The second-order valence-electron chi connectivity index (χ2n) is 5.60. The number of aromatic nitrogens is 2. The Morgan fingerprint density at radius 2 is 2.10 bits per heavy atom. The zero-order valence-electron chi connectivity index (χ0n) is 12.1. The zero-order chi connectivity index (χ0) is 15.6. The smallest absolute Gasteiger partial charge is 0.415 e. The topological polar surface area (TPSA) is 95.5 Å². The van der Waals surface area contributed by atoms with E-state index in [1.807, 2.05) is 0 Å². The Hall–Kier alpha value is -2.57. The van der Waals surface area contributed by atoms with E-state index in [4.69, 9.17) is 9.84 Å². The summed E-state index contributed by atoms with van der Waals surface area (Å²) in [5.74, 6) is -1.12. The van der Waals surface area contributed by atoms with E-state index in [1.54, 1.807) is 45.2 Å². The van der Waals surface area contributed by atoms with Gasteiger partial charge in [-0.05, 0) is 39.0 Å². The van der Waals surface area contributed by atoms with E-state index in [9.17, 15) is 9.59 Å². The van der Waals surface area contributed by atoms with Gasteiger partial charge in [0.15, 0.2) is 0 Å². The van der Waals surface area contributed by atoms with Gasteiger partial charge >= 0.3 is 12.1 Å². The molecule has 7 heteroatoms. The van der Waals surface area contributed by atoms with E-state index in [-0.39, 0.29) is 0 Å². The van der Waals surface area contributed by atoms with Gasteiger partial charge in [-0.15, -0.1) is 0 Å². The molecule has 2 aromatic rings. The number of rotatable bonds is 3. The predicted octanol–water partition coefficient (Wildman–Crippen LogP) is 2.39. The van der Waals surface area contributed by atoms with E-state index < -0.39 is 24.2 Å². The van der Waals surface area contributed by atoms with Gasteiger partial charge in [-0.1, -0.05) is 0 Å². The number of hydrogen-bond acceptors (Lipinski definition) is 4. The van der Waals surface area contributed by atoms with Crippen LogP contribution < -0.4 is 4.90 Å². The Morgan fingerprint density at radius 3 is 2.71 bits per heavy atom. The first kappa shape index (κ1) is 14.8. The molecule has 2 N–H and O–H groups in total. The minimum atomic E-state index is -1.12. The highest BCUT2D eigenvalue weighted by Gasteiger charge is 2.25. The van der Waals surface area contributed by atoms with Crippen LogP contribution in [0, 0.1) is 0 Å². The Kier molecular flexibility index (Phi) is 3.84. The predicted molar refractivity (Wildman–Crippen MR) is 77.3 cm³/mol. The van der Waals surface area contributed by atoms with Gasteiger partial charge in [0.2, 0.25) is 0 Å². The second-order valence-corrected chi connectivity index (χ2v) is 5.60. The van der Waals surface area contributed by atoms with Crippen LogP contribution in [0.4, 0.5) is 10.5 Å². The molecule has 0 atom stereocenters. The molecule has 1 aromatic heterocycles. The maximum absolute atomic E-state index is 12.2. The summed E-state index contributed by atoms with van der Waals surface area (Å²) in [7, 11) is 0. The molecule has 0 saturated heterocycles. The molecule has 1 amide bonds. The molecule has 1 heterocycles. The molecule has 112 valence electrons. The maximum atomic E-state index is 12.2. The third kappa shape index (κ3) is 3.71. The van der Waals surface area contributed by atoms with E-state index in [0.29, 0.717) is 5.69 Å². The van der Waals surface area contributed by atoms with Gasteiger partial charge in [-0.25, -0.2) is 4.79 Å². The number of aromatic amines is 1. The van der Waals surface area contributed by atoms with Gasteiger partial charge < -0.3 is 9.84 Å². The number of ether oxygens (including phenoxy) is 1. The standard InChI is InChI=1S/C14H17N3O4/c1-14(2,3)21-13(20)17(8-12(18)19)10-4-5-11-9(6-10)7-15-16-11/h4-7H,8H2,1-3H3,(H,15,16)(H,18,19). The molecule has 0 radical (unpaired) electrons. The molecule has 7 nitrogen and oxygen atoms in total. The van der Waals surface area contributed by atoms with Crippen molar-refractivity contribution >= 4 is 28.7 Å². The quantitative estimate of drug-likeness (QED) is 0.905. The van der Waals surface area contributed by atoms with Gasteiger partial charge in [-0.2, -0.15) is 5.10 Å². The summed E-state index contributed by atoms with van der Waals surface area (Å²) in [5, 5.41) is 16.5. The van der Waals surface area contributed by atoms with Crippen molar-refractivity contribution in [3.63, 3.8) is 0 Å². The van der Waals surface area contributed by atoms with Gasteiger partial charge in [0, 0.05) is 11.1 Å². The largest absolute Gasteiger partial charge is 0.480 e. The van der Waals surface area contributed by atoms with Crippen molar-refractivity contribution in [2.24, 2.45) is 0 Å². The van der Waals surface area contributed by atoms with Crippen LogP contribution >= 0.6 is 0 Å². The third-order valence-corrected chi connectivity index (χ3v) is 2.64. The van der Waals surface area contributed by atoms with Crippen molar-refractivity contribution in [2.75, 3.05) is 11.4 Å². The lowest BCUT2D eigenvalue weighted by molar-refractivity contribution is -0.135. The third-order valence-electron chi connectivity index (χ3n) is 2.64. The Labute approximate surface area is 121 Å². The van der Waals surface area contributed by atoms with Crippen LogP contribution in [0.5, 0.6) is 0 Å². The molecule has 0 saturated carbocycles. The van der Waals surface area contributed by atoms with Crippen molar-refractivity contribution in [3.05, 3.63) is 24.4 Å². The number of hydrogen-bond donors (Lipinski definition) is 2. The first-order chi connectivity index (χ1) is 9.76. The van der Waals surface area contributed by atoms with Crippen LogP contribution in [0.15, 0.2) is 24.4 Å². The van der Waals surface area contributed by atoms with Gasteiger partial charge in [0.1, 0.15) is 12.1 Å². The fourth-order valence-corrected chi connectivity index (χ4v) is 1.81. The number of fused-ring (bicyclic) bond motifs is 1. The number of nitrogens with zero attached hydrogens (tertiary/aromatic N) is 2. The van der Waals surface area contributed by atoms with Gasteiger partial charge in [0.25, 0.3) is 0 Å². The lowest BCUT2D eigenvalue weighted by atomic mass is 10.2. The molecule has 0 unspecified atom stereocenters. The van der Waals surface area contributed by atoms with E-state index in [1.165, 1.54) is 0 Å². The number of carboxylic acid groups (broad SMARTS) is 1. The number of nitrogens with one attached hydrogen (secondary N) is 1. The number of carbonyl (C=O) groups excluding carboxylic acids is 1. The first-order valence-electron chi connectivity index (χ1n) is 6.42. The normalized spacial score (nSPS) is 11.4. The lowest BCUT2D eigenvalue weighted by Crippen LogP contribution is -2.40. The van der Waals surface area contributed by atoms with Gasteiger partial charge in [0.05, 0.1) is 11.7 Å². The number of carbonyl (C=O) groups is 2. The minimum Gasteiger partial charge on any atom is -0.480 e. The van der Waals surface area contributed by atoms with Crippen LogP contribution in [-0.2, 0) is 9.53 Å². The van der Waals surface area contributed by atoms with E-state index in [2.05, 4.69) is 10.2 Å². The number of amides is 1. The number of carboxylic acids is 1. The van der Waals surface area contributed by atoms with Crippen molar-refractivity contribution in [1.29, 1.82) is 0 Å². The van der Waals surface area contributed by atoms with Crippen molar-refractivity contribution in [3.8, 4) is 0 Å². The molecule has 0 fully saturated rings. The molecule has 0 aliphatic rings. The highest BCUT2D eigenvalue weighted by molar-refractivity contribution is 5.95.